The van der Waals surface area contributed by atoms with Crippen LogP contribution in [-0.4, -0.2) is 48.3 Å². The summed E-state index contributed by atoms with van der Waals surface area (Å²) in [4.78, 5) is 15.7. The van der Waals surface area contributed by atoms with Gasteiger partial charge in [0.15, 0.2) is 0 Å². The van der Waals surface area contributed by atoms with E-state index >= 15 is 0 Å². The SMILES string of the molecule is CCC(C)C1NC2(CCN(S(=O)(=O)c3ccc(F)cc3)CC2)N(C(C)c2ccccc2)C1=O. The van der Waals surface area contributed by atoms with Crippen molar-refractivity contribution in [2.75, 3.05) is 13.1 Å². The fourth-order valence-electron chi connectivity index (χ4n) is 5.08. The number of benzene rings is 2. The lowest BCUT2D eigenvalue weighted by Crippen LogP contribution is -2.60. The first kappa shape index (κ1) is 23.9. The number of hydrogen-bond acceptors (Lipinski definition) is 4. The van der Waals surface area contributed by atoms with E-state index in [0.29, 0.717) is 12.8 Å². The predicted molar refractivity (Wildman–Crippen MR) is 125 cm³/mol. The molecule has 0 saturated carbocycles. The van der Waals surface area contributed by atoms with Crippen molar-refractivity contribution >= 4 is 15.9 Å². The highest BCUT2D eigenvalue weighted by Crippen LogP contribution is 2.41. The van der Waals surface area contributed by atoms with Gasteiger partial charge in [-0.2, -0.15) is 4.31 Å². The van der Waals surface area contributed by atoms with Crippen molar-refractivity contribution in [3.05, 3.63) is 66.0 Å². The summed E-state index contributed by atoms with van der Waals surface area (Å²) >= 11 is 0. The Kier molecular flexibility index (Phi) is 6.62. The highest BCUT2D eigenvalue weighted by Gasteiger charge is 2.55. The molecule has 0 aliphatic carbocycles. The number of carbonyl (C=O) groups is 1. The second-order valence-corrected chi connectivity index (χ2v) is 11.1. The molecule has 0 aromatic heterocycles. The Hall–Kier alpha value is -2.29. The number of hydrogen-bond donors (Lipinski definition) is 1. The van der Waals surface area contributed by atoms with Crippen LogP contribution in [0.4, 0.5) is 4.39 Å². The molecule has 1 N–H and O–H groups in total. The van der Waals surface area contributed by atoms with Gasteiger partial charge in [0.2, 0.25) is 15.9 Å². The van der Waals surface area contributed by atoms with Crippen LogP contribution in [0.15, 0.2) is 59.5 Å². The molecule has 0 bridgehead atoms. The van der Waals surface area contributed by atoms with Crippen molar-refractivity contribution in [1.29, 1.82) is 0 Å². The van der Waals surface area contributed by atoms with Gasteiger partial charge in [0.1, 0.15) is 5.82 Å². The Morgan fingerprint density at radius 3 is 2.24 bits per heavy atom. The molecule has 6 nitrogen and oxygen atoms in total. The van der Waals surface area contributed by atoms with Gasteiger partial charge in [-0.25, -0.2) is 12.8 Å². The molecule has 1 amide bonds. The maximum absolute atomic E-state index is 13.6. The zero-order valence-electron chi connectivity index (χ0n) is 19.4. The zero-order valence-corrected chi connectivity index (χ0v) is 20.2. The van der Waals surface area contributed by atoms with E-state index in [1.807, 2.05) is 42.2 Å². The fourth-order valence-corrected chi connectivity index (χ4v) is 6.52. The monoisotopic (exact) mass is 473 g/mol. The largest absolute Gasteiger partial charge is 0.316 e. The van der Waals surface area contributed by atoms with Crippen molar-refractivity contribution in [2.24, 2.45) is 5.92 Å². The molecule has 178 valence electrons. The second kappa shape index (κ2) is 9.16. The average Bonchev–Trinajstić information content (AvgIpc) is 3.10. The zero-order chi connectivity index (χ0) is 23.8. The molecule has 3 atom stereocenters. The van der Waals surface area contributed by atoms with E-state index in [2.05, 4.69) is 19.2 Å². The van der Waals surface area contributed by atoms with Crippen molar-refractivity contribution in [1.82, 2.24) is 14.5 Å². The molecule has 2 heterocycles. The topological polar surface area (TPSA) is 69.7 Å². The van der Waals surface area contributed by atoms with Gasteiger partial charge in [-0.15, -0.1) is 0 Å². The fraction of sp³-hybridized carbons (Fsp3) is 0.480. The smallest absolute Gasteiger partial charge is 0.243 e. The van der Waals surface area contributed by atoms with E-state index in [4.69, 9.17) is 0 Å². The average molecular weight is 474 g/mol. The predicted octanol–water partition coefficient (Wildman–Crippen LogP) is 3.91. The van der Waals surface area contributed by atoms with Crippen LogP contribution >= 0.6 is 0 Å². The molecule has 8 heteroatoms. The van der Waals surface area contributed by atoms with Gasteiger partial charge in [0.05, 0.1) is 22.6 Å². The molecule has 3 unspecified atom stereocenters. The minimum absolute atomic E-state index is 0.0792. The van der Waals surface area contributed by atoms with Crippen molar-refractivity contribution in [3.8, 4) is 0 Å². The van der Waals surface area contributed by atoms with E-state index < -0.39 is 21.5 Å². The first-order chi connectivity index (χ1) is 15.7. The van der Waals surface area contributed by atoms with Crippen LogP contribution in [0.25, 0.3) is 0 Å². The maximum atomic E-state index is 13.6. The highest BCUT2D eigenvalue weighted by molar-refractivity contribution is 7.89. The minimum atomic E-state index is -3.73. The summed E-state index contributed by atoms with van der Waals surface area (Å²) in [6.45, 7) is 6.76. The number of amides is 1. The number of carbonyl (C=O) groups excluding carboxylic acids is 1. The van der Waals surface area contributed by atoms with E-state index in [9.17, 15) is 17.6 Å². The van der Waals surface area contributed by atoms with Gasteiger partial charge in [-0.1, -0.05) is 50.6 Å². The van der Waals surface area contributed by atoms with Gasteiger partial charge in [0.25, 0.3) is 0 Å². The third-order valence-electron chi connectivity index (χ3n) is 7.27. The Morgan fingerprint density at radius 1 is 1.06 bits per heavy atom. The molecule has 33 heavy (non-hydrogen) atoms. The second-order valence-electron chi connectivity index (χ2n) is 9.19. The Balaban J connectivity index is 1.61. The van der Waals surface area contributed by atoms with Gasteiger partial charge >= 0.3 is 0 Å². The van der Waals surface area contributed by atoms with Crippen LogP contribution in [-0.2, 0) is 14.8 Å². The Bertz CT molecular complexity index is 1080. The van der Waals surface area contributed by atoms with E-state index in [1.165, 1.54) is 16.4 Å². The van der Waals surface area contributed by atoms with E-state index in [-0.39, 0.29) is 41.9 Å². The third kappa shape index (κ3) is 4.32. The Labute approximate surface area is 195 Å². The summed E-state index contributed by atoms with van der Waals surface area (Å²) in [6.07, 6.45) is 1.85. The Morgan fingerprint density at radius 2 is 1.67 bits per heavy atom. The van der Waals surface area contributed by atoms with Crippen LogP contribution in [0, 0.1) is 11.7 Å². The molecule has 4 rings (SSSR count). The standard InChI is InChI=1S/C25H32FN3O3S/c1-4-18(2)23-24(30)29(19(3)20-8-6-5-7-9-20)25(27-23)14-16-28(17-15-25)33(31,32)22-12-10-21(26)11-13-22/h5-13,18-19,23,27H,4,14-17H2,1-3H3. The number of sulfonamides is 1. The summed E-state index contributed by atoms with van der Waals surface area (Å²) in [7, 11) is -3.73. The minimum Gasteiger partial charge on any atom is -0.316 e. The molecular formula is C25H32FN3O3S. The van der Waals surface area contributed by atoms with Gasteiger partial charge in [0, 0.05) is 13.1 Å². The molecule has 2 fully saturated rings. The summed E-state index contributed by atoms with van der Waals surface area (Å²) in [6, 6.07) is 14.4. The molecule has 1 spiro atoms. The third-order valence-corrected chi connectivity index (χ3v) is 9.18. The van der Waals surface area contributed by atoms with E-state index in [0.717, 1.165) is 24.1 Å². The summed E-state index contributed by atoms with van der Waals surface area (Å²) in [5.41, 5.74) is 0.452. The molecule has 2 aliphatic heterocycles. The lowest BCUT2D eigenvalue weighted by Gasteiger charge is -2.46. The number of piperidine rings is 1. The lowest BCUT2D eigenvalue weighted by atomic mass is 9.94. The highest BCUT2D eigenvalue weighted by atomic mass is 32.2. The van der Waals surface area contributed by atoms with Crippen LogP contribution in [0.2, 0.25) is 0 Å². The van der Waals surface area contributed by atoms with Gasteiger partial charge in [-0.3, -0.25) is 10.1 Å². The van der Waals surface area contributed by atoms with E-state index in [1.54, 1.807) is 0 Å². The summed E-state index contributed by atoms with van der Waals surface area (Å²) in [5, 5.41) is 3.63. The molecule has 0 radical (unpaired) electrons. The first-order valence-corrected chi connectivity index (χ1v) is 13.0. The van der Waals surface area contributed by atoms with Crippen LogP contribution in [0.1, 0.15) is 51.6 Å². The molecule has 2 saturated heterocycles. The maximum Gasteiger partial charge on any atom is 0.243 e. The number of nitrogens with zero attached hydrogens (tertiary/aromatic N) is 2. The van der Waals surface area contributed by atoms with Crippen LogP contribution in [0.3, 0.4) is 0 Å². The van der Waals surface area contributed by atoms with Gasteiger partial charge < -0.3 is 4.90 Å². The quantitative estimate of drug-likeness (QED) is 0.691. The normalized spacial score (nSPS) is 23.1. The number of nitrogens with one attached hydrogen (secondary N) is 1. The molecule has 2 aromatic rings. The lowest BCUT2D eigenvalue weighted by molar-refractivity contribution is -0.136. The number of halogens is 1. The molecular weight excluding hydrogens is 441 g/mol. The van der Waals surface area contributed by atoms with Crippen LogP contribution < -0.4 is 5.32 Å². The van der Waals surface area contributed by atoms with Crippen molar-refractivity contribution < 1.29 is 17.6 Å². The summed E-state index contributed by atoms with van der Waals surface area (Å²) in [5.74, 6) is -0.222. The molecule has 2 aliphatic rings. The first-order valence-electron chi connectivity index (χ1n) is 11.6. The van der Waals surface area contributed by atoms with Crippen molar-refractivity contribution in [2.45, 2.75) is 62.7 Å². The summed E-state index contributed by atoms with van der Waals surface area (Å²) < 4.78 is 41.0. The van der Waals surface area contributed by atoms with Gasteiger partial charge in [-0.05, 0) is 55.5 Å². The molecule has 2 aromatic carbocycles. The number of rotatable bonds is 6. The van der Waals surface area contributed by atoms with Crippen LogP contribution in [0.5, 0.6) is 0 Å². The van der Waals surface area contributed by atoms with Crippen molar-refractivity contribution in [3.63, 3.8) is 0 Å².